The Kier molecular flexibility index (Phi) is 4.78. The van der Waals surface area contributed by atoms with E-state index in [0.29, 0.717) is 14.7 Å². The van der Waals surface area contributed by atoms with Crippen molar-refractivity contribution in [3.05, 3.63) is 39.0 Å². The van der Waals surface area contributed by atoms with Crippen LogP contribution in [0.3, 0.4) is 0 Å². The number of aryl methyl sites for hydroxylation is 1. The fourth-order valence-corrected chi connectivity index (χ4v) is 4.00. The first-order valence-electron chi connectivity index (χ1n) is 5.32. The molecule has 0 fully saturated rings. The first-order chi connectivity index (χ1) is 9.27. The molecule has 1 aromatic carbocycles. The largest absolute Gasteiger partial charge is 0.485 e. The zero-order chi connectivity index (χ0) is 14.9. The SMILES string of the molecule is Cn1ccc(COc2c(Br)cc(S(=O)(=O)Cl)cc2Br)n1. The van der Waals surface area contributed by atoms with Crippen molar-refractivity contribution in [2.75, 3.05) is 0 Å². The molecule has 2 aromatic rings. The van der Waals surface area contributed by atoms with E-state index in [9.17, 15) is 8.42 Å². The molecule has 0 saturated carbocycles. The van der Waals surface area contributed by atoms with Gasteiger partial charge in [-0.15, -0.1) is 0 Å². The molecule has 0 saturated heterocycles. The Morgan fingerprint density at radius 3 is 2.40 bits per heavy atom. The molecule has 1 aromatic heterocycles. The van der Waals surface area contributed by atoms with Gasteiger partial charge in [-0.1, -0.05) is 0 Å². The molecule has 0 bridgehead atoms. The average molecular weight is 445 g/mol. The summed E-state index contributed by atoms with van der Waals surface area (Å²) in [4.78, 5) is -0.0110. The van der Waals surface area contributed by atoms with Crippen LogP contribution < -0.4 is 4.74 Å². The van der Waals surface area contributed by atoms with Crippen molar-refractivity contribution in [2.24, 2.45) is 7.05 Å². The van der Waals surface area contributed by atoms with Gasteiger partial charge in [0.1, 0.15) is 12.4 Å². The zero-order valence-electron chi connectivity index (χ0n) is 10.2. The normalized spacial score (nSPS) is 11.6. The fourth-order valence-electron chi connectivity index (χ4n) is 1.50. The minimum atomic E-state index is -3.79. The van der Waals surface area contributed by atoms with E-state index >= 15 is 0 Å². The number of halogens is 3. The van der Waals surface area contributed by atoms with Gasteiger partial charge in [0.15, 0.2) is 0 Å². The lowest BCUT2D eigenvalue weighted by atomic mass is 10.3. The molecular formula is C11H9Br2ClN2O3S. The lowest BCUT2D eigenvalue weighted by Gasteiger charge is -2.10. The summed E-state index contributed by atoms with van der Waals surface area (Å²) in [5, 5.41) is 4.19. The zero-order valence-corrected chi connectivity index (χ0v) is 14.9. The molecule has 0 spiro atoms. The van der Waals surface area contributed by atoms with Crippen LogP contribution in [0.2, 0.25) is 0 Å². The topological polar surface area (TPSA) is 61.2 Å². The summed E-state index contributed by atoms with van der Waals surface area (Å²) >= 11 is 6.53. The first-order valence-corrected chi connectivity index (χ1v) is 9.22. The molecule has 1 heterocycles. The van der Waals surface area contributed by atoms with Crippen LogP contribution in [-0.4, -0.2) is 18.2 Å². The third-order valence-electron chi connectivity index (χ3n) is 2.39. The maximum absolute atomic E-state index is 11.3. The predicted molar refractivity (Wildman–Crippen MR) is 82.4 cm³/mol. The average Bonchev–Trinajstić information content (AvgIpc) is 2.72. The molecule has 9 heteroatoms. The number of nitrogens with zero attached hydrogens (tertiary/aromatic N) is 2. The maximum Gasteiger partial charge on any atom is 0.261 e. The van der Waals surface area contributed by atoms with Crippen LogP contribution in [0.1, 0.15) is 5.69 Å². The Hall–Kier alpha value is -0.570. The van der Waals surface area contributed by atoms with E-state index in [1.807, 2.05) is 19.3 Å². The van der Waals surface area contributed by atoms with Crippen molar-refractivity contribution >= 4 is 51.6 Å². The number of rotatable bonds is 4. The van der Waals surface area contributed by atoms with Gasteiger partial charge in [0.2, 0.25) is 0 Å². The number of hydrogen-bond acceptors (Lipinski definition) is 4. The molecule has 0 unspecified atom stereocenters. The number of benzene rings is 1. The molecule has 0 atom stereocenters. The highest BCUT2D eigenvalue weighted by Gasteiger charge is 2.16. The van der Waals surface area contributed by atoms with Crippen LogP contribution in [0.25, 0.3) is 0 Å². The standard InChI is InChI=1S/C11H9Br2ClN2O3S/c1-16-3-2-7(15-16)6-19-11-9(12)4-8(5-10(11)13)20(14,17)18/h2-5H,6H2,1H3. The molecule has 0 amide bonds. The van der Waals surface area contributed by atoms with Crippen LogP contribution in [-0.2, 0) is 22.7 Å². The van der Waals surface area contributed by atoms with Crippen LogP contribution in [0.4, 0.5) is 0 Å². The predicted octanol–water partition coefficient (Wildman–Crippen LogP) is 3.45. The van der Waals surface area contributed by atoms with E-state index in [1.165, 1.54) is 12.1 Å². The smallest absolute Gasteiger partial charge is 0.261 e. The number of hydrogen-bond donors (Lipinski definition) is 0. The van der Waals surface area contributed by atoms with E-state index in [0.717, 1.165) is 5.69 Å². The van der Waals surface area contributed by atoms with E-state index < -0.39 is 9.05 Å². The molecule has 0 N–H and O–H groups in total. The van der Waals surface area contributed by atoms with E-state index in [2.05, 4.69) is 37.0 Å². The summed E-state index contributed by atoms with van der Waals surface area (Å²) in [6.07, 6.45) is 1.81. The second-order valence-corrected chi connectivity index (χ2v) is 8.20. The summed E-state index contributed by atoms with van der Waals surface area (Å²) in [5.41, 5.74) is 0.764. The van der Waals surface area contributed by atoms with E-state index in [-0.39, 0.29) is 11.5 Å². The van der Waals surface area contributed by atoms with Gasteiger partial charge >= 0.3 is 0 Å². The molecule has 20 heavy (non-hydrogen) atoms. The van der Waals surface area contributed by atoms with Gasteiger partial charge in [-0.2, -0.15) is 5.10 Å². The summed E-state index contributed by atoms with van der Waals surface area (Å²) in [6, 6.07) is 4.61. The number of aromatic nitrogens is 2. The Balaban J connectivity index is 2.25. The van der Waals surface area contributed by atoms with Crippen molar-refractivity contribution in [2.45, 2.75) is 11.5 Å². The lowest BCUT2D eigenvalue weighted by Crippen LogP contribution is -2.00. The highest BCUT2D eigenvalue weighted by atomic mass is 79.9. The van der Waals surface area contributed by atoms with Crippen molar-refractivity contribution in [1.29, 1.82) is 0 Å². The quantitative estimate of drug-likeness (QED) is 0.678. The van der Waals surface area contributed by atoms with Crippen LogP contribution in [0, 0.1) is 0 Å². The third kappa shape index (κ3) is 3.75. The number of ether oxygens (including phenoxy) is 1. The van der Waals surface area contributed by atoms with Crippen molar-refractivity contribution in [3.63, 3.8) is 0 Å². The van der Waals surface area contributed by atoms with E-state index in [4.69, 9.17) is 15.4 Å². The lowest BCUT2D eigenvalue weighted by molar-refractivity contribution is 0.296. The van der Waals surface area contributed by atoms with Gasteiger partial charge in [-0.05, 0) is 50.1 Å². The van der Waals surface area contributed by atoms with Crippen molar-refractivity contribution in [3.8, 4) is 5.75 Å². The van der Waals surface area contributed by atoms with E-state index in [1.54, 1.807) is 4.68 Å². The highest BCUT2D eigenvalue weighted by Crippen LogP contribution is 2.37. The van der Waals surface area contributed by atoms with Gasteiger partial charge in [0.05, 0.1) is 19.5 Å². The van der Waals surface area contributed by atoms with Crippen LogP contribution in [0.15, 0.2) is 38.2 Å². The molecule has 2 rings (SSSR count). The van der Waals surface area contributed by atoms with Crippen LogP contribution >= 0.6 is 42.5 Å². The second kappa shape index (κ2) is 6.05. The van der Waals surface area contributed by atoms with Gasteiger partial charge < -0.3 is 4.74 Å². The molecule has 0 aliphatic heterocycles. The highest BCUT2D eigenvalue weighted by molar-refractivity contribution is 9.11. The van der Waals surface area contributed by atoms with Gasteiger partial charge in [0.25, 0.3) is 9.05 Å². The summed E-state index contributed by atoms with van der Waals surface area (Å²) in [7, 11) is 3.34. The minimum absolute atomic E-state index is 0.0110. The molecule has 0 aliphatic rings. The van der Waals surface area contributed by atoms with Gasteiger partial charge in [-0.3, -0.25) is 4.68 Å². The first kappa shape index (κ1) is 15.8. The summed E-state index contributed by atoms with van der Waals surface area (Å²) in [5.74, 6) is 0.486. The maximum atomic E-state index is 11.3. The molecule has 0 radical (unpaired) electrons. The monoisotopic (exact) mass is 442 g/mol. The fraction of sp³-hybridized carbons (Fsp3) is 0.182. The van der Waals surface area contributed by atoms with Gasteiger partial charge in [0, 0.05) is 23.9 Å². The van der Waals surface area contributed by atoms with Crippen LogP contribution in [0.5, 0.6) is 5.75 Å². The summed E-state index contributed by atoms with van der Waals surface area (Å²) in [6.45, 7) is 0.269. The summed E-state index contributed by atoms with van der Waals surface area (Å²) < 4.78 is 30.9. The minimum Gasteiger partial charge on any atom is -0.485 e. The Bertz CT molecular complexity index is 723. The molecule has 0 aliphatic carbocycles. The Morgan fingerprint density at radius 1 is 1.35 bits per heavy atom. The third-order valence-corrected chi connectivity index (χ3v) is 4.90. The van der Waals surface area contributed by atoms with Crippen molar-refractivity contribution < 1.29 is 13.2 Å². The van der Waals surface area contributed by atoms with Gasteiger partial charge in [-0.25, -0.2) is 8.42 Å². The second-order valence-electron chi connectivity index (χ2n) is 3.92. The Labute approximate surface area is 137 Å². The van der Waals surface area contributed by atoms with Crippen molar-refractivity contribution in [1.82, 2.24) is 9.78 Å². The molecule has 108 valence electrons. The molecular weight excluding hydrogens is 435 g/mol. The molecule has 5 nitrogen and oxygen atoms in total. The Morgan fingerprint density at radius 2 is 1.95 bits per heavy atom.